The molecule has 4 rings (SSSR count). The van der Waals surface area contributed by atoms with Crippen molar-refractivity contribution in [1.82, 2.24) is 15.3 Å². The molecule has 148 valence electrons. The molecule has 2 aromatic heterocycles. The molecule has 3 aromatic rings. The van der Waals surface area contributed by atoms with Gasteiger partial charge in [-0.25, -0.2) is 9.59 Å². The molecule has 0 saturated heterocycles. The van der Waals surface area contributed by atoms with E-state index < -0.39 is 11.9 Å². The SMILES string of the molecule is Cc1cccc2c(C(=O)C3=CSC(c4cccnc4)N3)c[nH]c12.O=C(O)C(=O)O. The summed E-state index contributed by atoms with van der Waals surface area (Å²) in [4.78, 5) is 38.4. The highest BCUT2D eigenvalue weighted by molar-refractivity contribution is 8.02. The van der Waals surface area contributed by atoms with E-state index >= 15 is 0 Å². The average molecular weight is 411 g/mol. The molecule has 0 bridgehead atoms. The van der Waals surface area contributed by atoms with E-state index in [2.05, 4.69) is 15.3 Å². The highest BCUT2D eigenvalue weighted by atomic mass is 32.2. The first kappa shape index (κ1) is 20.2. The predicted octanol–water partition coefficient (Wildman–Crippen LogP) is 3.09. The van der Waals surface area contributed by atoms with Crippen molar-refractivity contribution < 1.29 is 24.6 Å². The van der Waals surface area contributed by atoms with Gasteiger partial charge in [-0.2, -0.15) is 0 Å². The number of carbonyl (C=O) groups excluding carboxylic acids is 1. The van der Waals surface area contributed by atoms with E-state index in [0.717, 1.165) is 22.0 Å². The van der Waals surface area contributed by atoms with Gasteiger partial charge in [0, 0.05) is 46.0 Å². The van der Waals surface area contributed by atoms with Gasteiger partial charge in [0.05, 0.1) is 5.70 Å². The Morgan fingerprint density at radius 3 is 2.52 bits per heavy atom. The molecule has 0 amide bonds. The number of carbonyl (C=O) groups is 3. The van der Waals surface area contributed by atoms with Crippen LogP contribution < -0.4 is 5.32 Å². The van der Waals surface area contributed by atoms with E-state index in [1.807, 2.05) is 48.9 Å². The minimum atomic E-state index is -1.82. The number of nitrogens with one attached hydrogen (secondary N) is 2. The standard InChI is InChI=1S/C18H15N3OS.C2H2O4/c1-11-4-2-6-13-14(9-20-16(11)13)17(22)15-10-23-18(21-15)12-5-3-7-19-8-12;3-1(4)2(5)6/h2-10,18,20-21H,1H3;(H,3,4)(H,5,6). The number of ketones is 1. The van der Waals surface area contributed by atoms with E-state index in [-0.39, 0.29) is 11.2 Å². The number of carboxylic acids is 2. The zero-order chi connectivity index (χ0) is 21.0. The fourth-order valence-electron chi connectivity index (χ4n) is 2.80. The second-order valence-corrected chi connectivity index (χ2v) is 7.10. The van der Waals surface area contributed by atoms with E-state index in [9.17, 15) is 4.79 Å². The van der Waals surface area contributed by atoms with E-state index in [4.69, 9.17) is 19.8 Å². The van der Waals surface area contributed by atoms with Crippen LogP contribution in [0.25, 0.3) is 10.9 Å². The van der Waals surface area contributed by atoms with E-state index in [1.165, 1.54) is 0 Å². The van der Waals surface area contributed by atoms with Gasteiger partial charge >= 0.3 is 11.9 Å². The van der Waals surface area contributed by atoms with Crippen LogP contribution >= 0.6 is 11.8 Å². The Kier molecular flexibility index (Phi) is 5.99. The first-order valence-electron chi connectivity index (χ1n) is 8.48. The van der Waals surface area contributed by atoms with Crippen molar-refractivity contribution in [2.75, 3.05) is 0 Å². The monoisotopic (exact) mass is 411 g/mol. The normalized spacial score (nSPS) is 15.1. The van der Waals surface area contributed by atoms with E-state index in [1.54, 1.807) is 24.2 Å². The van der Waals surface area contributed by atoms with Crippen LogP contribution in [0.2, 0.25) is 0 Å². The van der Waals surface area contributed by atoms with Crippen molar-refractivity contribution in [2.45, 2.75) is 12.3 Å². The number of hydrogen-bond acceptors (Lipinski definition) is 6. The Hall–Kier alpha value is -3.59. The van der Waals surface area contributed by atoms with Gasteiger partial charge in [-0.05, 0) is 18.6 Å². The van der Waals surface area contributed by atoms with Crippen molar-refractivity contribution in [3.8, 4) is 0 Å². The number of pyridine rings is 1. The van der Waals surface area contributed by atoms with Gasteiger partial charge < -0.3 is 20.5 Å². The summed E-state index contributed by atoms with van der Waals surface area (Å²) >= 11 is 1.59. The minimum Gasteiger partial charge on any atom is -0.473 e. The summed E-state index contributed by atoms with van der Waals surface area (Å²) < 4.78 is 0. The maximum Gasteiger partial charge on any atom is 0.414 e. The third kappa shape index (κ3) is 4.46. The van der Waals surface area contributed by atoms with Gasteiger partial charge in [0.25, 0.3) is 0 Å². The zero-order valence-electron chi connectivity index (χ0n) is 15.2. The molecule has 8 nitrogen and oxygen atoms in total. The van der Waals surface area contributed by atoms with Crippen molar-refractivity contribution in [2.24, 2.45) is 0 Å². The maximum atomic E-state index is 12.8. The average Bonchev–Trinajstić information content (AvgIpc) is 3.37. The van der Waals surface area contributed by atoms with E-state index in [0.29, 0.717) is 11.3 Å². The molecule has 3 heterocycles. The highest BCUT2D eigenvalue weighted by Gasteiger charge is 2.25. The van der Waals surface area contributed by atoms with Gasteiger partial charge in [-0.15, -0.1) is 11.8 Å². The first-order valence-corrected chi connectivity index (χ1v) is 9.42. The Bertz CT molecular complexity index is 1100. The van der Waals surface area contributed by atoms with Crippen LogP contribution in [0.4, 0.5) is 0 Å². The molecule has 1 aliphatic rings. The number of aryl methyl sites for hydroxylation is 1. The molecule has 29 heavy (non-hydrogen) atoms. The first-order chi connectivity index (χ1) is 13.9. The van der Waals surface area contributed by atoms with Crippen LogP contribution in [0.15, 0.2) is 60.0 Å². The number of aromatic nitrogens is 2. The van der Waals surface area contributed by atoms with Gasteiger partial charge in [-0.3, -0.25) is 9.78 Å². The number of Topliss-reactive ketones (excluding diaryl/α,β-unsaturated/α-hetero) is 1. The quantitative estimate of drug-likeness (QED) is 0.382. The number of allylic oxidation sites excluding steroid dienone is 1. The molecule has 1 unspecified atom stereocenters. The molecule has 9 heteroatoms. The lowest BCUT2D eigenvalue weighted by molar-refractivity contribution is -0.159. The molecule has 1 aromatic carbocycles. The van der Waals surface area contributed by atoms with Crippen molar-refractivity contribution in [3.05, 3.63) is 76.7 Å². The van der Waals surface area contributed by atoms with Crippen LogP contribution in [0.1, 0.15) is 26.9 Å². The molecular formula is C20H17N3O5S. The second-order valence-electron chi connectivity index (χ2n) is 6.12. The highest BCUT2D eigenvalue weighted by Crippen LogP contribution is 2.35. The molecule has 1 atom stereocenters. The largest absolute Gasteiger partial charge is 0.473 e. The van der Waals surface area contributed by atoms with Gasteiger partial charge in [-0.1, -0.05) is 24.3 Å². The lowest BCUT2D eigenvalue weighted by atomic mass is 10.1. The molecule has 0 aliphatic carbocycles. The number of H-pyrrole nitrogens is 1. The number of thioether (sulfide) groups is 1. The molecule has 0 fully saturated rings. The zero-order valence-corrected chi connectivity index (χ0v) is 16.1. The Balaban J connectivity index is 0.000000353. The second kappa shape index (κ2) is 8.61. The third-order valence-corrected chi connectivity index (χ3v) is 5.23. The summed E-state index contributed by atoms with van der Waals surface area (Å²) in [6.07, 6.45) is 5.36. The Morgan fingerprint density at radius 1 is 1.10 bits per heavy atom. The molecule has 1 aliphatic heterocycles. The number of aliphatic carboxylic acids is 2. The number of aromatic amines is 1. The molecular weight excluding hydrogens is 394 g/mol. The number of nitrogens with zero attached hydrogens (tertiary/aromatic N) is 1. The van der Waals surface area contributed by atoms with Crippen molar-refractivity contribution in [3.63, 3.8) is 0 Å². The number of fused-ring (bicyclic) bond motifs is 1. The fraction of sp³-hybridized carbons (Fsp3) is 0.100. The molecule has 0 spiro atoms. The summed E-state index contributed by atoms with van der Waals surface area (Å²) in [6.45, 7) is 2.04. The Labute approximate surface area is 169 Å². The van der Waals surface area contributed by atoms with Gasteiger partial charge in [0.2, 0.25) is 5.78 Å². The lowest BCUT2D eigenvalue weighted by Crippen LogP contribution is -2.19. The molecule has 0 saturated carbocycles. The van der Waals surface area contributed by atoms with Crippen LogP contribution in [0, 0.1) is 6.92 Å². The van der Waals surface area contributed by atoms with Crippen LogP contribution in [0.3, 0.4) is 0 Å². The number of hydrogen-bond donors (Lipinski definition) is 4. The van der Waals surface area contributed by atoms with Crippen molar-refractivity contribution in [1.29, 1.82) is 0 Å². The summed E-state index contributed by atoms with van der Waals surface area (Å²) in [7, 11) is 0. The smallest absolute Gasteiger partial charge is 0.414 e. The summed E-state index contributed by atoms with van der Waals surface area (Å²) in [5, 5.41) is 21.0. The van der Waals surface area contributed by atoms with Crippen molar-refractivity contribution >= 4 is 40.4 Å². The maximum absolute atomic E-state index is 12.8. The molecule has 4 N–H and O–H groups in total. The predicted molar refractivity (Wildman–Crippen MR) is 108 cm³/mol. The molecule has 0 radical (unpaired) electrons. The number of benzene rings is 1. The Morgan fingerprint density at radius 2 is 1.86 bits per heavy atom. The van der Waals surface area contributed by atoms with Crippen LogP contribution in [-0.4, -0.2) is 37.9 Å². The third-order valence-electron chi connectivity index (χ3n) is 4.19. The topological polar surface area (TPSA) is 132 Å². The fourth-order valence-corrected chi connectivity index (χ4v) is 3.74. The number of carboxylic acid groups (broad SMARTS) is 2. The van der Waals surface area contributed by atoms with Crippen LogP contribution in [-0.2, 0) is 9.59 Å². The number of rotatable bonds is 3. The summed E-state index contributed by atoms with van der Waals surface area (Å²) in [6, 6.07) is 9.90. The minimum absolute atomic E-state index is 0.0146. The van der Waals surface area contributed by atoms with Gasteiger partial charge in [0.15, 0.2) is 0 Å². The van der Waals surface area contributed by atoms with Gasteiger partial charge in [0.1, 0.15) is 5.37 Å². The summed E-state index contributed by atoms with van der Waals surface area (Å²) in [5.74, 6) is -3.63. The lowest BCUT2D eigenvalue weighted by Gasteiger charge is -2.12. The summed E-state index contributed by atoms with van der Waals surface area (Å²) in [5.41, 5.74) is 4.55. The van der Waals surface area contributed by atoms with Crippen LogP contribution in [0.5, 0.6) is 0 Å². The number of para-hydroxylation sites is 1.